The Bertz CT molecular complexity index is 1290. The number of piperidine rings is 1. The summed E-state index contributed by atoms with van der Waals surface area (Å²) in [6, 6.07) is 21.7. The fourth-order valence-electron chi connectivity index (χ4n) is 4.33. The van der Waals surface area contributed by atoms with E-state index in [-0.39, 0.29) is 17.5 Å². The van der Waals surface area contributed by atoms with E-state index in [1.165, 1.54) is 6.07 Å². The number of nitrogens with one attached hydrogen (secondary N) is 2. The van der Waals surface area contributed by atoms with Crippen LogP contribution in [0, 0.1) is 10.1 Å². The second-order valence-corrected chi connectivity index (χ2v) is 8.21. The van der Waals surface area contributed by atoms with Crippen LogP contribution in [0.5, 0.6) is 0 Å². The number of anilines is 2. The molecule has 33 heavy (non-hydrogen) atoms. The van der Waals surface area contributed by atoms with Crippen LogP contribution >= 0.6 is 0 Å². The van der Waals surface area contributed by atoms with E-state index in [0.29, 0.717) is 24.3 Å². The summed E-state index contributed by atoms with van der Waals surface area (Å²) in [5.74, 6) is 0.774. The highest BCUT2D eigenvalue weighted by molar-refractivity contribution is 5.96. The predicted octanol–water partition coefficient (Wildman–Crippen LogP) is 5.23. The summed E-state index contributed by atoms with van der Waals surface area (Å²) in [6.07, 6.45) is 1.78. The third-order valence-electron chi connectivity index (χ3n) is 6.00. The number of para-hydroxylation sites is 3. The maximum absolute atomic E-state index is 13.2. The first kappa shape index (κ1) is 20.7. The average Bonchev–Trinajstić information content (AvgIpc) is 3.29. The van der Waals surface area contributed by atoms with Gasteiger partial charge in [0.2, 0.25) is 0 Å². The van der Waals surface area contributed by atoms with E-state index in [1.54, 1.807) is 17.0 Å². The van der Waals surface area contributed by atoms with Crippen LogP contribution in [0.4, 0.5) is 17.1 Å². The molecule has 1 aromatic heterocycles. The predicted molar refractivity (Wildman–Crippen MR) is 127 cm³/mol. The minimum Gasteiger partial charge on any atom is -0.350 e. The molecule has 2 N–H and O–H groups in total. The molecule has 2 heterocycles. The van der Waals surface area contributed by atoms with Gasteiger partial charge < -0.3 is 15.2 Å². The summed E-state index contributed by atoms with van der Waals surface area (Å²) in [6.45, 7) is 1.14. The molecule has 166 valence electrons. The second-order valence-electron chi connectivity index (χ2n) is 8.21. The molecule has 1 aliphatic rings. The lowest BCUT2D eigenvalue weighted by atomic mass is 9.96. The molecule has 4 aromatic rings. The molecular weight excluding hydrogens is 418 g/mol. The van der Waals surface area contributed by atoms with Gasteiger partial charge in [0.05, 0.1) is 16.0 Å². The van der Waals surface area contributed by atoms with Gasteiger partial charge in [-0.3, -0.25) is 14.9 Å². The van der Waals surface area contributed by atoms with Crippen LogP contribution in [0.1, 0.15) is 34.9 Å². The molecule has 1 aliphatic heterocycles. The first-order valence-electron chi connectivity index (χ1n) is 10.9. The Kier molecular flexibility index (Phi) is 5.48. The van der Waals surface area contributed by atoms with Crippen LogP contribution in [-0.4, -0.2) is 38.8 Å². The number of hydrogen-bond donors (Lipinski definition) is 2. The highest BCUT2D eigenvalue weighted by atomic mass is 16.6. The van der Waals surface area contributed by atoms with Gasteiger partial charge in [0.15, 0.2) is 0 Å². The molecule has 1 amide bonds. The number of carbonyl (C=O) groups excluding carboxylic acids is 1. The van der Waals surface area contributed by atoms with E-state index in [0.717, 1.165) is 35.4 Å². The topological polar surface area (TPSA) is 104 Å². The van der Waals surface area contributed by atoms with Gasteiger partial charge >= 0.3 is 0 Å². The number of aromatic nitrogens is 2. The molecule has 1 unspecified atom stereocenters. The van der Waals surface area contributed by atoms with E-state index in [1.807, 2.05) is 54.6 Å². The lowest BCUT2D eigenvalue weighted by Gasteiger charge is -2.32. The van der Waals surface area contributed by atoms with E-state index >= 15 is 0 Å². The number of benzene rings is 3. The quantitative estimate of drug-likeness (QED) is 0.326. The summed E-state index contributed by atoms with van der Waals surface area (Å²) in [4.78, 5) is 34.3. The Morgan fingerprint density at radius 1 is 1.09 bits per heavy atom. The number of nitro groups is 1. The number of nitro benzene ring substituents is 1. The molecule has 0 bridgehead atoms. The summed E-state index contributed by atoms with van der Waals surface area (Å²) >= 11 is 0. The number of aromatic amines is 1. The Morgan fingerprint density at radius 2 is 1.88 bits per heavy atom. The number of nitrogens with zero attached hydrogens (tertiary/aromatic N) is 3. The van der Waals surface area contributed by atoms with Crippen molar-refractivity contribution in [2.45, 2.75) is 18.8 Å². The van der Waals surface area contributed by atoms with Gasteiger partial charge in [-0.2, -0.15) is 0 Å². The van der Waals surface area contributed by atoms with Gasteiger partial charge in [-0.25, -0.2) is 4.98 Å². The molecule has 5 rings (SSSR count). The van der Waals surface area contributed by atoms with Crippen LogP contribution in [0.15, 0.2) is 72.8 Å². The zero-order chi connectivity index (χ0) is 22.8. The number of carbonyl (C=O) groups is 1. The summed E-state index contributed by atoms with van der Waals surface area (Å²) in [5, 5.41) is 14.8. The van der Waals surface area contributed by atoms with Crippen molar-refractivity contribution >= 4 is 34.0 Å². The van der Waals surface area contributed by atoms with Crippen molar-refractivity contribution < 1.29 is 9.72 Å². The SMILES string of the molecule is O=C(c1ccc(Nc2ccccc2)c([N+](=O)[O-])c1)N1CCCC(c2nc3ccccc3[nH]2)C1. The number of imidazole rings is 1. The second kappa shape index (κ2) is 8.74. The van der Waals surface area contributed by atoms with Crippen LogP contribution in [-0.2, 0) is 0 Å². The van der Waals surface area contributed by atoms with E-state index < -0.39 is 4.92 Å². The Labute approximate surface area is 190 Å². The molecule has 0 spiro atoms. The van der Waals surface area contributed by atoms with Crippen molar-refractivity contribution in [2.24, 2.45) is 0 Å². The third-order valence-corrected chi connectivity index (χ3v) is 6.00. The van der Waals surface area contributed by atoms with Gasteiger partial charge in [0.25, 0.3) is 11.6 Å². The number of likely N-dealkylation sites (tertiary alicyclic amines) is 1. The molecule has 8 heteroatoms. The third kappa shape index (κ3) is 4.27. The molecular formula is C25H23N5O3. The zero-order valence-electron chi connectivity index (χ0n) is 17.9. The number of fused-ring (bicyclic) bond motifs is 1. The van der Waals surface area contributed by atoms with Crippen molar-refractivity contribution in [1.82, 2.24) is 14.9 Å². The summed E-state index contributed by atoms with van der Waals surface area (Å²) < 4.78 is 0. The van der Waals surface area contributed by atoms with Crippen molar-refractivity contribution in [3.05, 3.63) is 94.3 Å². The Morgan fingerprint density at radius 3 is 2.67 bits per heavy atom. The first-order chi connectivity index (χ1) is 16.1. The van der Waals surface area contributed by atoms with Crippen LogP contribution in [0.3, 0.4) is 0 Å². The maximum atomic E-state index is 13.2. The first-order valence-corrected chi connectivity index (χ1v) is 10.9. The maximum Gasteiger partial charge on any atom is 0.293 e. The van der Waals surface area contributed by atoms with E-state index in [9.17, 15) is 14.9 Å². The fourth-order valence-corrected chi connectivity index (χ4v) is 4.33. The highest BCUT2D eigenvalue weighted by Gasteiger charge is 2.28. The van der Waals surface area contributed by atoms with Gasteiger partial charge in [0.1, 0.15) is 11.5 Å². The highest BCUT2D eigenvalue weighted by Crippen LogP contribution is 2.31. The van der Waals surface area contributed by atoms with Crippen molar-refractivity contribution in [3.63, 3.8) is 0 Å². The number of amides is 1. The van der Waals surface area contributed by atoms with Crippen molar-refractivity contribution in [3.8, 4) is 0 Å². The van der Waals surface area contributed by atoms with Gasteiger partial charge in [-0.1, -0.05) is 30.3 Å². The summed E-state index contributed by atoms with van der Waals surface area (Å²) in [5.41, 5.74) is 3.16. The van der Waals surface area contributed by atoms with Gasteiger partial charge in [0, 0.05) is 36.3 Å². The molecule has 0 saturated carbocycles. The van der Waals surface area contributed by atoms with E-state index in [2.05, 4.69) is 10.3 Å². The number of hydrogen-bond acceptors (Lipinski definition) is 5. The summed E-state index contributed by atoms with van der Waals surface area (Å²) in [7, 11) is 0. The smallest absolute Gasteiger partial charge is 0.293 e. The number of rotatable bonds is 5. The minimum atomic E-state index is -0.463. The Balaban J connectivity index is 1.36. The molecule has 1 atom stereocenters. The molecule has 8 nitrogen and oxygen atoms in total. The van der Waals surface area contributed by atoms with Crippen LogP contribution < -0.4 is 5.32 Å². The van der Waals surface area contributed by atoms with Crippen molar-refractivity contribution in [1.29, 1.82) is 0 Å². The monoisotopic (exact) mass is 441 g/mol. The minimum absolute atomic E-state index is 0.101. The molecule has 0 aliphatic carbocycles. The molecule has 1 fully saturated rings. The standard InChI is InChI=1S/C25H23N5O3/c31-25(17-12-13-22(23(15-17)30(32)33)26-19-8-2-1-3-9-19)29-14-6-7-18(16-29)24-27-20-10-4-5-11-21(20)28-24/h1-5,8-13,15,18,26H,6-7,14,16H2,(H,27,28). The van der Waals surface area contributed by atoms with Crippen LogP contribution in [0.2, 0.25) is 0 Å². The average molecular weight is 441 g/mol. The lowest BCUT2D eigenvalue weighted by molar-refractivity contribution is -0.383. The Hall–Kier alpha value is -4.20. The fraction of sp³-hybridized carbons (Fsp3) is 0.200. The number of H-pyrrole nitrogens is 1. The largest absolute Gasteiger partial charge is 0.350 e. The van der Waals surface area contributed by atoms with E-state index in [4.69, 9.17) is 4.98 Å². The lowest BCUT2D eigenvalue weighted by Crippen LogP contribution is -2.39. The zero-order valence-corrected chi connectivity index (χ0v) is 17.9. The van der Waals surface area contributed by atoms with Gasteiger partial charge in [-0.05, 0) is 49.2 Å². The molecule has 1 saturated heterocycles. The molecule has 0 radical (unpaired) electrons. The van der Waals surface area contributed by atoms with Crippen LogP contribution in [0.25, 0.3) is 11.0 Å². The van der Waals surface area contributed by atoms with Gasteiger partial charge in [-0.15, -0.1) is 0 Å². The molecule has 3 aromatic carbocycles. The normalized spacial score (nSPS) is 16.0. The van der Waals surface area contributed by atoms with Crippen molar-refractivity contribution in [2.75, 3.05) is 18.4 Å².